The minimum Gasteiger partial charge on any atom is -0.347 e. The van der Waals surface area contributed by atoms with Gasteiger partial charge in [0, 0.05) is 6.54 Å². The largest absolute Gasteiger partial charge is 0.347 e. The molecule has 0 spiro atoms. The maximum atomic E-state index is 10.5. The summed E-state index contributed by atoms with van der Waals surface area (Å²) in [6.45, 7) is 4.83. The summed E-state index contributed by atoms with van der Waals surface area (Å²) in [4.78, 5) is 10.5. The molecule has 0 radical (unpaired) electrons. The summed E-state index contributed by atoms with van der Waals surface area (Å²) in [5.74, 6) is 0. The zero-order chi connectivity index (χ0) is 10.6. The van der Waals surface area contributed by atoms with Crippen LogP contribution >= 0.6 is 12.6 Å². The Morgan fingerprint density at radius 3 is 2.64 bits per heavy atom. The van der Waals surface area contributed by atoms with E-state index in [2.05, 4.69) is 50.0 Å². The number of amides is 1. The second-order valence-corrected chi connectivity index (χ2v) is 3.81. The van der Waals surface area contributed by atoms with Crippen LogP contribution in [0.15, 0.2) is 18.2 Å². The van der Waals surface area contributed by atoms with E-state index >= 15 is 0 Å². The molecule has 0 aromatic heterocycles. The Labute approximate surface area is 90.1 Å². The van der Waals surface area contributed by atoms with E-state index in [1.807, 2.05) is 0 Å². The van der Waals surface area contributed by atoms with Crippen LogP contribution in [0.4, 0.5) is 4.79 Å². The highest BCUT2D eigenvalue weighted by Gasteiger charge is 1.97. The molecule has 76 valence electrons. The van der Waals surface area contributed by atoms with E-state index in [0.717, 1.165) is 6.42 Å². The summed E-state index contributed by atoms with van der Waals surface area (Å²) in [5, 5.41) is 2.38. The zero-order valence-electron chi connectivity index (χ0n) is 8.50. The summed E-state index contributed by atoms with van der Waals surface area (Å²) in [5.41, 5.74) is 3.84. The fourth-order valence-corrected chi connectivity index (χ4v) is 1.38. The lowest BCUT2D eigenvalue weighted by Crippen LogP contribution is -2.19. The fourth-order valence-electron chi connectivity index (χ4n) is 1.27. The molecule has 14 heavy (non-hydrogen) atoms. The van der Waals surface area contributed by atoms with Crippen molar-refractivity contribution in [3.8, 4) is 0 Å². The van der Waals surface area contributed by atoms with Crippen LogP contribution in [0.3, 0.4) is 0 Å². The van der Waals surface area contributed by atoms with Crippen LogP contribution in [0.25, 0.3) is 0 Å². The van der Waals surface area contributed by atoms with Crippen molar-refractivity contribution >= 4 is 17.9 Å². The number of hydrogen-bond acceptors (Lipinski definition) is 1. The molecule has 0 fully saturated rings. The second-order valence-electron chi connectivity index (χ2n) is 3.40. The number of hydrogen-bond donors (Lipinski definition) is 2. The van der Waals surface area contributed by atoms with Crippen molar-refractivity contribution in [2.45, 2.75) is 20.3 Å². The molecule has 1 amide bonds. The van der Waals surface area contributed by atoms with Gasteiger partial charge in [-0.1, -0.05) is 30.8 Å². The van der Waals surface area contributed by atoms with Gasteiger partial charge in [-0.3, -0.25) is 4.79 Å². The number of carbonyl (C=O) groups excluding carboxylic acids is 1. The van der Waals surface area contributed by atoms with E-state index in [4.69, 9.17) is 0 Å². The average Bonchev–Trinajstić information content (AvgIpc) is 2.10. The Morgan fingerprint density at radius 2 is 2.07 bits per heavy atom. The highest BCUT2D eigenvalue weighted by atomic mass is 32.1. The van der Waals surface area contributed by atoms with E-state index in [1.165, 1.54) is 16.7 Å². The third-order valence-corrected chi connectivity index (χ3v) is 2.42. The molecular weight excluding hydrogens is 194 g/mol. The van der Waals surface area contributed by atoms with Crippen LogP contribution in [0, 0.1) is 13.8 Å². The van der Waals surface area contributed by atoms with Gasteiger partial charge in [-0.15, -0.1) is 0 Å². The Morgan fingerprint density at radius 1 is 1.36 bits per heavy atom. The minimum absolute atomic E-state index is 0.270. The molecule has 1 rings (SSSR count). The molecule has 1 N–H and O–H groups in total. The van der Waals surface area contributed by atoms with Crippen LogP contribution in [-0.2, 0) is 6.42 Å². The molecule has 0 unspecified atom stereocenters. The van der Waals surface area contributed by atoms with Crippen molar-refractivity contribution in [2.75, 3.05) is 6.54 Å². The molecule has 0 bridgehead atoms. The maximum Gasteiger partial charge on any atom is 0.275 e. The van der Waals surface area contributed by atoms with Crippen molar-refractivity contribution in [3.63, 3.8) is 0 Å². The van der Waals surface area contributed by atoms with E-state index < -0.39 is 0 Å². The molecule has 2 nitrogen and oxygen atoms in total. The highest BCUT2D eigenvalue weighted by molar-refractivity contribution is 7.96. The summed E-state index contributed by atoms with van der Waals surface area (Å²) >= 11 is 3.63. The molecule has 3 heteroatoms. The quantitative estimate of drug-likeness (QED) is 0.736. The van der Waals surface area contributed by atoms with Gasteiger partial charge in [-0.2, -0.15) is 0 Å². The van der Waals surface area contributed by atoms with E-state index in [1.54, 1.807) is 0 Å². The molecule has 0 aliphatic heterocycles. The van der Waals surface area contributed by atoms with Crippen LogP contribution < -0.4 is 5.32 Å². The normalized spacial score (nSPS) is 9.93. The van der Waals surface area contributed by atoms with Gasteiger partial charge in [0.25, 0.3) is 5.24 Å². The summed E-state index contributed by atoms with van der Waals surface area (Å²) in [6.07, 6.45) is 0.855. The third-order valence-electron chi connectivity index (χ3n) is 2.26. The summed E-state index contributed by atoms with van der Waals surface area (Å²) < 4.78 is 0. The lowest BCUT2D eigenvalue weighted by Gasteiger charge is -2.05. The SMILES string of the molecule is Cc1ccc(CCNC(=O)S)cc1C. The van der Waals surface area contributed by atoms with Gasteiger partial charge in [0.1, 0.15) is 0 Å². The number of thiol groups is 1. The Hall–Kier alpha value is -0.960. The van der Waals surface area contributed by atoms with E-state index in [0.29, 0.717) is 6.54 Å². The molecule has 1 aromatic carbocycles. The molecule has 0 aliphatic carbocycles. The van der Waals surface area contributed by atoms with Crippen LogP contribution in [0.2, 0.25) is 0 Å². The number of nitrogens with one attached hydrogen (secondary N) is 1. The monoisotopic (exact) mass is 209 g/mol. The van der Waals surface area contributed by atoms with Gasteiger partial charge >= 0.3 is 0 Å². The van der Waals surface area contributed by atoms with Gasteiger partial charge in [0.05, 0.1) is 0 Å². The van der Waals surface area contributed by atoms with E-state index in [9.17, 15) is 4.79 Å². The van der Waals surface area contributed by atoms with E-state index in [-0.39, 0.29) is 5.24 Å². The van der Waals surface area contributed by atoms with Crippen molar-refractivity contribution in [2.24, 2.45) is 0 Å². The Kier molecular flexibility index (Phi) is 4.01. The van der Waals surface area contributed by atoms with Crippen LogP contribution in [-0.4, -0.2) is 11.8 Å². The maximum absolute atomic E-state index is 10.5. The van der Waals surface area contributed by atoms with Gasteiger partial charge < -0.3 is 5.32 Å². The first-order chi connectivity index (χ1) is 6.59. The van der Waals surface area contributed by atoms with Crippen molar-refractivity contribution < 1.29 is 4.79 Å². The molecular formula is C11H15NOS. The second kappa shape index (κ2) is 5.05. The molecule has 0 saturated carbocycles. The first-order valence-corrected chi connectivity index (χ1v) is 5.07. The van der Waals surface area contributed by atoms with Crippen LogP contribution in [0.5, 0.6) is 0 Å². The number of carbonyl (C=O) groups is 1. The molecule has 0 atom stereocenters. The first kappa shape index (κ1) is 11.1. The summed E-state index contributed by atoms with van der Waals surface area (Å²) in [6, 6.07) is 6.35. The number of rotatable bonds is 3. The van der Waals surface area contributed by atoms with Crippen molar-refractivity contribution in [1.82, 2.24) is 5.32 Å². The topological polar surface area (TPSA) is 29.1 Å². The van der Waals surface area contributed by atoms with Crippen molar-refractivity contribution in [1.29, 1.82) is 0 Å². The van der Waals surface area contributed by atoms with Gasteiger partial charge in [0.15, 0.2) is 0 Å². The lowest BCUT2D eigenvalue weighted by molar-refractivity contribution is 0.261. The molecule has 0 aliphatic rings. The first-order valence-electron chi connectivity index (χ1n) is 4.62. The predicted molar refractivity (Wildman–Crippen MR) is 62.0 cm³/mol. The number of benzene rings is 1. The minimum atomic E-state index is -0.270. The molecule has 0 heterocycles. The fraction of sp³-hybridized carbons (Fsp3) is 0.364. The summed E-state index contributed by atoms with van der Waals surface area (Å²) in [7, 11) is 0. The zero-order valence-corrected chi connectivity index (χ0v) is 9.40. The average molecular weight is 209 g/mol. The highest BCUT2D eigenvalue weighted by Crippen LogP contribution is 2.09. The van der Waals surface area contributed by atoms with Crippen LogP contribution in [0.1, 0.15) is 16.7 Å². The smallest absolute Gasteiger partial charge is 0.275 e. The predicted octanol–water partition coefficient (Wildman–Crippen LogP) is 2.49. The lowest BCUT2D eigenvalue weighted by atomic mass is 10.0. The Balaban J connectivity index is 2.51. The third kappa shape index (κ3) is 3.42. The standard InChI is InChI=1S/C11H15NOS/c1-8-3-4-10(7-9(8)2)5-6-12-11(13)14/h3-4,7H,5-6H2,1-2H3,(H2,12,13,14). The number of aryl methyl sites for hydroxylation is 2. The molecule has 1 aromatic rings. The van der Waals surface area contributed by atoms with Crippen molar-refractivity contribution in [3.05, 3.63) is 34.9 Å². The molecule has 0 saturated heterocycles. The Bertz CT molecular complexity index is 336. The van der Waals surface area contributed by atoms with Gasteiger partial charge in [-0.25, -0.2) is 0 Å². The van der Waals surface area contributed by atoms with Gasteiger partial charge in [-0.05, 0) is 37.0 Å². The van der Waals surface area contributed by atoms with Gasteiger partial charge in [0.2, 0.25) is 0 Å².